The van der Waals surface area contributed by atoms with Crippen LogP contribution in [-0.4, -0.2) is 9.11 Å². The zero-order chi connectivity index (χ0) is 30.1. The minimum absolute atomic E-state index is 0.624. The van der Waals surface area contributed by atoms with Gasteiger partial charge >= 0.3 is 0 Å². The van der Waals surface area contributed by atoms with E-state index in [-0.39, 0.29) is 0 Å². The van der Waals surface area contributed by atoms with Crippen molar-refractivity contribution in [2.45, 2.75) is 9.79 Å². The van der Waals surface area contributed by atoms with Crippen molar-refractivity contribution in [3.8, 4) is 44.5 Å². The molecule has 0 spiro atoms. The Hall–Kier alpha value is -5.19. The van der Waals surface area contributed by atoms with E-state index in [0.717, 1.165) is 76.8 Å². The molecular formula is C42H28O2S. The Morgan fingerprint density at radius 3 is 1.07 bits per heavy atom. The van der Waals surface area contributed by atoms with Crippen molar-refractivity contribution in [1.29, 1.82) is 0 Å². The number of hydrogen-bond acceptors (Lipinski definition) is 2. The molecule has 0 aromatic heterocycles. The van der Waals surface area contributed by atoms with Crippen molar-refractivity contribution >= 4 is 42.9 Å². The van der Waals surface area contributed by atoms with Gasteiger partial charge in [0.05, 0.1) is 9.79 Å². The Kier molecular flexibility index (Phi) is 5.78. The van der Waals surface area contributed by atoms with E-state index in [4.69, 9.17) is 0 Å². The van der Waals surface area contributed by atoms with Gasteiger partial charge in [0.25, 0.3) is 0 Å². The van der Waals surface area contributed by atoms with Crippen molar-refractivity contribution < 1.29 is 9.11 Å². The topological polar surface area (TPSA) is 40.5 Å². The lowest BCUT2D eigenvalue weighted by atomic mass is 9.88. The fraction of sp³-hybridized carbons (Fsp3) is 0. The Labute approximate surface area is 263 Å². The van der Waals surface area contributed by atoms with E-state index < -0.39 is 10.6 Å². The first kappa shape index (κ1) is 26.2. The maximum absolute atomic E-state index is 12.7. The van der Waals surface area contributed by atoms with Crippen LogP contribution in [0.3, 0.4) is 0 Å². The molecule has 0 atom stereocenters. The summed E-state index contributed by atoms with van der Waals surface area (Å²) < 4.78 is 25.4. The van der Waals surface area contributed by atoms with Gasteiger partial charge in [0, 0.05) is 21.9 Å². The van der Waals surface area contributed by atoms with Crippen LogP contribution < -0.4 is 0 Å². The van der Waals surface area contributed by atoms with Gasteiger partial charge in [0.15, 0.2) is 0 Å². The lowest BCUT2D eigenvalue weighted by Crippen LogP contribution is -2.00. The fourth-order valence-electron chi connectivity index (χ4n) is 7.36. The van der Waals surface area contributed by atoms with Crippen LogP contribution in [0.15, 0.2) is 168 Å². The lowest BCUT2D eigenvalue weighted by molar-refractivity contribution is 0.491. The molecule has 214 valence electrons. The van der Waals surface area contributed by atoms with E-state index in [1.165, 1.54) is 0 Å². The van der Waals surface area contributed by atoms with Crippen molar-refractivity contribution in [2.75, 3.05) is 0 Å². The van der Waals surface area contributed by atoms with Crippen molar-refractivity contribution in [3.05, 3.63) is 158 Å². The fourth-order valence-corrected chi connectivity index (χ4v) is 9.52. The summed E-state index contributed by atoms with van der Waals surface area (Å²) >= 11 is 0. The molecule has 0 unspecified atom stereocenters. The van der Waals surface area contributed by atoms with Crippen molar-refractivity contribution in [2.24, 2.45) is 0 Å². The highest BCUT2D eigenvalue weighted by atomic mass is 32.3. The quantitative estimate of drug-likeness (QED) is 0.198. The van der Waals surface area contributed by atoms with Gasteiger partial charge in [-0.3, -0.25) is 9.11 Å². The van der Waals surface area contributed by atoms with Crippen LogP contribution in [0.5, 0.6) is 0 Å². The van der Waals surface area contributed by atoms with Gasteiger partial charge in [-0.2, -0.15) is 0 Å². The second-order valence-electron chi connectivity index (χ2n) is 11.6. The molecule has 45 heavy (non-hydrogen) atoms. The Balaban J connectivity index is 1.42. The highest BCUT2D eigenvalue weighted by Gasteiger charge is 2.38. The molecule has 0 fully saturated rings. The van der Waals surface area contributed by atoms with Crippen LogP contribution in [0.2, 0.25) is 0 Å². The van der Waals surface area contributed by atoms with E-state index in [9.17, 15) is 9.11 Å². The van der Waals surface area contributed by atoms with E-state index in [1.807, 2.05) is 60.7 Å². The maximum atomic E-state index is 12.7. The molecule has 0 amide bonds. The number of benzene rings is 8. The Morgan fingerprint density at radius 2 is 0.644 bits per heavy atom. The summed E-state index contributed by atoms with van der Waals surface area (Å²) in [6.07, 6.45) is 0. The van der Waals surface area contributed by atoms with E-state index in [2.05, 4.69) is 97.1 Å². The second kappa shape index (κ2) is 9.91. The Morgan fingerprint density at radius 1 is 0.289 bits per heavy atom. The largest absolute Gasteiger partial charge is 0.290 e. The molecule has 2 nitrogen and oxygen atoms in total. The summed E-state index contributed by atoms with van der Waals surface area (Å²) in [5, 5.41) is 6.20. The zero-order valence-corrected chi connectivity index (χ0v) is 25.1. The highest BCUT2D eigenvalue weighted by Crippen LogP contribution is 2.71. The van der Waals surface area contributed by atoms with Gasteiger partial charge < -0.3 is 0 Å². The minimum atomic E-state index is -3.44. The molecule has 0 saturated heterocycles. The summed E-state index contributed by atoms with van der Waals surface area (Å²) in [4.78, 5) is 1.25. The van der Waals surface area contributed by atoms with Gasteiger partial charge in [-0.25, -0.2) is 0 Å². The lowest BCUT2D eigenvalue weighted by Gasteiger charge is -2.33. The van der Waals surface area contributed by atoms with Crippen molar-refractivity contribution in [1.82, 2.24) is 0 Å². The average molecular weight is 597 g/mol. The number of fused-ring (bicyclic) bond motifs is 3. The number of hydrogen-bond donors (Lipinski definition) is 2. The van der Waals surface area contributed by atoms with Crippen LogP contribution in [0.25, 0.3) is 76.8 Å². The van der Waals surface area contributed by atoms with Crippen molar-refractivity contribution in [3.63, 3.8) is 0 Å². The summed E-state index contributed by atoms with van der Waals surface area (Å²) in [7, 11) is -3.44. The molecule has 2 N–H and O–H groups in total. The predicted molar refractivity (Wildman–Crippen MR) is 190 cm³/mol. The molecule has 9 rings (SSSR count). The molecular weight excluding hydrogens is 569 g/mol. The van der Waals surface area contributed by atoms with E-state index in [0.29, 0.717) is 9.79 Å². The normalized spacial score (nSPS) is 14.0. The minimum Gasteiger partial charge on any atom is -0.290 e. The first-order valence-corrected chi connectivity index (χ1v) is 16.7. The molecule has 1 heterocycles. The third-order valence-electron chi connectivity index (χ3n) is 9.25. The smallest absolute Gasteiger partial charge is 0.0801 e. The summed E-state index contributed by atoms with van der Waals surface area (Å²) in [6, 6.07) is 54.2. The average Bonchev–Trinajstić information content (AvgIpc) is 3.36. The molecule has 0 saturated carbocycles. The van der Waals surface area contributed by atoms with Crippen LogP contribution >= 0.6 is 10.6 Å². The number of rotatable bonds is 4. The maximum Gasteiger partial charge on any atom is 0.0801 e. The van der Waals surface area contributed by atoms with Gasteiger partial charge in [-0.05, 0) is 54.9 Å². The standard InChI is InChI=1S/C42H28O2S/c43-45(44)41-37(31-19-9-7-17-29(31)27-13-3-1-4-14-27)25-23-35-33-21-11-12-22-34(33)36-24-26-38(42(45)40(36)39(35)41)32-20-10-8-18-30(32)28-15-5-2-6-16-28/h1-26,43-44H. The summed E-state index contributed by atoms with van der Waals surface area (Å²) in [6.45, 7) is 0. The predicted octanol–water partition coefficient (Wildman–Crippen LogP) is 12.3. The molecule has 8 aromatic carbocycles. The first-order chi connectivity index (χ1) is 22.1. The molecule has 3 heteroatoms. The molecule has 0 aliphatic carbocycles. The van der Waals surface area contributed by atoms with E-state index in [1.54, 1.807) is 0 Å². The molecule has 0 radical (unpaired) electrons. The summed E-state index contributed by atoms with van der Waals surface area (Å²) in [5.74, 6) is 0. The third-order valence-corrected chi connectivity index (χ3v) is 11.2. The SMILES string of the molecule is OS1(O)c2c(-c3ccccc3-c3ccccc3)ccc3c4ccccc4c4ccc(-c5ccccc5-c5ccccc5)c1c4c23. The first-order valence-electron chi connectivity index (χ1n) is 15.1. The summed E-state index contributed by atoms with van der Waals surface area (Å²) in [5.41, 5.74) is 8.00. The van der Waals surface area contributed by atoms with Crippen LogP contribution in [0.4, 0.5) is 0 Å². The van der Waals surface area contributed by atoms with Crippen LogP contribution in [0, 0.1) is 0 Å². The van der Waals surface area contributed by atoms with Crippen LogP contribution in [0.1, 0.15) is 0 Å². The van der Waals surface area contributed by atoms with Gasteiger partial charge in [-0.1, -0.05) is 158 Å². The van der Waals surface area contributed by atoms with E-state index >= 15 is 0 Å². The molecule has 0 bridgehead atoms. The molecule has 1 aliphatic rings. The van der Waals surface area contributed by atoms with Crippen LogP contribution in [-0.2, 0) is 0 Å². The zero-order valence-electron chi connectivity index (χ0n) is 24.3. The Bertz CT molecular complexity index is 2280. The molecule has 1 aliphatic heterocycles. The third kappa shape index (κ3) is 3.79. The van der Waals surface area contributed by atoms with Gasteiger partial charge in [-0.15, -0.1) is 10.6 Å². The molecule has 8 aromatic rings. The van der Waals surface area contributed by atoms with Gasteiger partial charge in [0.1, 0.15) is 0 Å². The monoisotopic (exact) mass is 596 g/mol. The second-order valence-corrected chi connectivity index (χ2v) is 13.6. The highest BCUT2D eigenvalue weighted by molar-refractivity contribution is 8.25. The van der Waals surface area contributed by atoms with Gasteiger partial charge in [0.2, 0.25) is 0 Å².